The molecule has 2 aliphatic rings. The van der Waals surface area contributed by atoms with Crippen LogP contribution in [0.5, 0.6) is 0 Å². The quantitative estimate of drug-likeness (QED) is 0.776. The summed E-state index contributed by atoms with van der Waals surface area (Å²) in [5.74, 6) is -0.0492. The van der Waals surface area contributed by atoms with E-state index in [4.69, 9.17) is 0 Å². The van der Waals surface area contributed by atoms with Crippen molar-refractivity contribution >= 4 is 11.9 Å². The molecule has 6 heteroatoms. The SMILES string of the molecule is CC(C)N1C(=O)N(CCc2ccccc2)C2(CCN([C@H](C)CO)CC2)C1=O. The van der Waals surface area contributed by atoms with E-state index >= 15 is 0 Å². The van der Waals surface area contributed by atoms with Crippen LogP contribution in [0.1, 0.15) is 39.2 Å². The summed E-state index contributed by atoms with van der Waals surface area (Å²) >= 11 is 0. The Morgan fingerprint density at radius 1 is 1.07 bits per heavy atom. The molecule has 148 valence electrons. The number of benzene rings is 1. The molecule has 2 heterocycles. The van der Waals surface area contributed by atoms with Gasteiger partial charge in [0, 0.05) is 31.7 Å². The third-order valence-electron chi connectivity index (χ3n) is 6.07. The van der Waals surface area contributed by atoms with Gasteiger partial charge in [-0.05, 0) is 45.6 Å². The zero-order chi connectivity index (χ0) is 19.6. The Balaban J connectivity index is 1.82. The van der Waals surface area contributed by atoms with E-state index in [2.05, 4.69) is 17.0 Å². The minimum atomic E-state index is -0.734. The summed E-state index contributed by atoms with van der Waals surface area (Å²) in [7, 11) is 0. The van der Waals surface area contributed by atoms with Gasteiger partial charge in [-0.25, -0.2) is 4.79 Å². The second-order valence-electron chi connectivity index (χ2n) is 8.04. The highest BCUT2D eigenvalue weighted by molar-refractivity contribution is 6.07. The molecular formula is C21H31N3O3. The summed E-state index contributed by atoms with van der Waals surface area (Å²) in [4.78, 5) is 31.9. The third-order valence-corrected chi connectivity index (χ3v) is 6.07. The van der Waals surface area contributed by atoms with E-state index in [1.807, 2.05) is 43.9 Å². The first-order valence-corrected chi connectivity index (χ1v) is 9.95. The van der Waals surface area contributed by atoms with Gasteiger partial charge in [0.2, 0.25) is 0 Å². The van der Waals surface area contributed by atoms with Crippen molar-refractivity contribution < 1.29 is 14.7 Å². The topological polar surface area (TPSA) is 64.1 Å². The zero-order valence-electron chi connectivity index (χ0n) is 16.6. The van der Waals surface area contributed by atoms with Crippen LogP contribution in [0.2, 0.25) is 0 Å². The fourth-order valence-corrected chi connectivity index (χ4v) is 4.32. The monoisotopic (exact) mass is 373 g/mol. The van der Waals surface area contributed by atoms with E-state index in [0.717, 1.165) is 6.42 Å². The summed E-state index contributed by atoms with van der Waals surface area (Å²) in [5, 5.41) is 9.43. The fraction of sp³-hybridized carbons (Fsp3) is 0.619. The lowest BCUT2D eigenvalue weighted by atomic mass is 9.85. The molecule has 1 spiro atoms. The number of rotatable bonds is 6. The molecule has 27 heavy (non-hydrogen) atoms. The number of nitrogens with zero attached hydrogens (tertiary/aromatic N) is 3. The van der Waals surface area contributed by atoms with Crippen LogP contribution in [0.25, 0.3) is 0 Å². The van der Waals surface area contributed by atoms with Gasteiger partial charge in [-0.3, -0.25) is 14.6 Å². The van der Waals surface area contributed by atoms with E-state index in [1.165, 1.54) is 10.5 Å². The number of carbonyl (C=O) groups excluding carboxylic acids is 2. The first-order valence-electron chi connectivity index (χ1n) is 9.95. The van der Waals surface area contributed by atoms with Gasteiger partial charge < -0.3 is 10.0 Å². The van der Waals surface area contributed by atoms with Crippen molar-refractivity contribution in [3.8, 4) is 0 Å². The van der Waals surface area contributed by atoms with Crippen LogP contribution in [0.15, 0.2) is 30.3 Å². The summed E-state index contributed by atoms with van der Waals surface area (Å²) < 4.78 is 0. The molecule has 0 saturated carbocycles. The second kappa shape index (κ2) is 7.98. The highest BCUT2D eigenvalue weighted by Crippen LogP contribution is 2.38. The van der Waals surface area contributed by atoms with Crippen molar-refractivity contribution in [2.45, 2.75) is 57.7 Å². The number of aliphatic hydroxyl groups excluding tert-OH is 1. The molecular weight excluding hydrogens is 342 g/mol. The van der Waals surface area contributed by atoms with Crippen LogP contribution >= 0.6 is 0 Å². The van der Waals surface area contributed by atoms with Crippen molar-refractivity contribution in [2.24, 2.45) is 0 Å². The molecule has 0 bridgehead atoms. The second-order valence-corrected chi connectivity index (χ2v) is 8.04. The molecule has 3 rings (SSSR count). The summed E-state index contributed by atoms with van der Waals surface area (Å²) in [6.45, 7) is 7.87. The van der Waals surface area contributed by atoms with Gasteiger partial charge in [0.25, 0.3) is 5.91 Å². The van der Waals surface area contributed by atoms with Crippen LogP contribution in [-0.2, 0) is 11.2 Å². The largest absolute Gasteiger partial charge is 0.395 e. The maximum Gasteiger partial charge on any atom is 0.327 e. The lowest BCUT2D eigenvalue weighted by molar-refractivity contribution is -0.137. The number of piperidine rings is 1. The van der Waals surface area contributed by atoms with E-state index < -0.39 is 5.54 Å². The van der Waals surface area contributed by atoms with Gasteiger partial charge in [0.15, 0.2) is 0 Å². The number of hydrogen-bond acceptors (Lipinski definition) is 4. The lowest BCUT2D eigenvalue weighted by Gasteiger charge is -2.43. The molecule has 3 amide bonds. The maximum absolute atomic E-state index is 13.3. The van der Waals surface area contributed by atoms with Crippen molar-refractivity contribution in [1.82, 2.24) is 14.7 Å². The number of likely N-dealkylation sites (tertiary alicyclic amines) is 1. The normalized spacial score (nSPS) is 21.5. The zero-order valence-corrected chi connectivity index (χ0v) is 16.6. The molecule has 2 fully saturated rings. The molecule has 6 nitrogen and oxygen atoms in total. The van der Waals surface area contributed by atoms with Gasteiger partial charge >= 0.3 is 6.03 Å². The fourth-order valence-electron chi connectivity index (χ4n) is 4.32. The van der Waals surface area contributed by atoms with Crippen LogP contribution in [0, 0.1) is 0 Å². The summed E-state index contributed by atoms with van der Waals surface area (Å²) in [6, 6.07) is 9.87. The molecule has 0 aliphatic carbocycles. The van der Waals surface area contributed by atoms with Gasteiger partial charge in [0.05, 0.1) is 6.61 Å². The molecule has 1 atom stereocenters. The Morgan fingerprint density at radius 2 is 1.70 bits per heavy atom. The van der Waals surface area contributed by atoms with Gasteiger partial charge in [0.1, 0.15) is 5.54 Å². The van der Waals surface area contributed by atoms with E-state index in [9.17, 15) is 14.7 Å². The minimum Gasteiger partial charge on any atom is -0.395 e. The van der Waals surface area contributed by atoms with Crippen molar-refractivity contribution in [1.29, 1.82) is 0 Å². The molecule has 1 aromatic carbocycles. The summed E-state index contributed by atoms with van der Waals surface area (Å²) in [5.41, 5.74) is 0.434. The van der Waals surface area contributed by atoms with Crippen LogP contribution < -0.4 is 0 Å². The molecule has 1 N–H and O–H groups in total. The Hall–Kier alpha value is -1.92. The minimum absolute atomic E-state index is 0.0492. The van der Waals surface area contributed by atoms with Crippen molar-refractivity contribution in [3.05, 3.63) is 35.9 Å². The number of urea groups is 1. The standard InChI is InChI=1S/C21H31N3O3/c1-16(2)24-19(26)21(10-13-22(14-11-21)17(3)15-25)23(20(24)27)12-9-18-7-5-4-6-8-18/h4-8,16-17,25H,9-15H2,1-3H3/t17-/m1/s1. The van der Waals surface area contributed by atoms with Crippen molar-refractivity contribution in [3.63, 3.8) is 0 Å². The number of imide groups is 1. The Morgan fingerprint density at radius 3 is 2.26 bits per heavy atom. The van der Waals surface area contributed by atoms with Crippen LogP contribution in [0.3, 0.4) is 0 Å². The Kier molecular flexibility index (Phi) is 5.86. The summed E-state index contributed by atoms with van der Waals surface area (Å²) in [6.07, 6.45) is 1.99. The van der Waals surface area contributed by atoms with Crippen molar-refractivity contribution in [2.75, 3.05) is 26.2 Å². The predicted molar refractivity (Wildman–Crippen MR) is 104 cm³/mol. The number of hydrogen-bond donors (Lipinski definition) is 1. The van der Waals surface area contributed by atoms with Gasteiger partial charge in [-0.1, -0.05) is 30.3 Å². The smallest absolute Gasteiger partial charge is 0.327 e. The average Bonchev–Trinajstić information content (AvgIpc) is 2.87. The Labute approximate surface area is 161 Å². The maximum atomic E-state index is 13.3. The van der Waals surface area contributed by atoms with E-state index in [0.29, 0.717) is 32.5 Å². The molecule has 0 radical (unpaired) electrons. The highest BCUT2D eigenvalue weighted by atomic mass is 16.3. The van der Waals surface area contributed by atoms with E-state index in [-0.39, 0.29) is 30.6 Å². The predicted octanol–water partition coefficient (Wildman–Crippen LogP) is 2.12. The average molecular weight is 373 g/mol. The molecule has 2 saturated heterocycles. The first-order chi connectivity index (χ1) is 12.9. The van der Waals surface area contributed by atoms with Crippen LogP contribution in [-0.4, -0.2) is 75.6 Å². The highest BCUT2D eigenvalue weighted by Gasteiger charge is 2.58. The Bertz CT molecular complexity index is 669. The number of carbonyl (C=O) groups is 2. The van der Waals surface area contributed by atoms with Gasteiger partial charge in [-0.15, -0.1) is 0 Å². The first kappa shape index (κ1) is 19.8. The third kappa shape index (κ3) is 3.60. The molecule has 0 unspecified atom stereocenters. The molecule has 1 aromatic rings. The van der Waals surface area contributed by atoms with E-state index in [1.54, 1.807) is 0 Å². The number of aliphatic hydroxyl groups is 1. The van der Waals surface area contributed by atoms with Crippen LogP contribution in [0.4, 0.5) is 4.79 Å². The molecule has 2 aliphatic heterocycles. The lowest BCUT2D eigenvalue weighted by Crippen LogP contribution is -2.58. The van der Waals surface area contributed by atoms with Gasteiger partial charge in [-0.2, -0.15) is 0 Å². The number of amides is 3. The molecule has 0 aromatic heterocycles.